The lowest BCUT2D eigenvalue weighted by Crippen LogP contribution is -2.51. The highest BCUT2D eigenvalue weighted by Crippen LogP contribution is 2.30. The van der Waals surface area contributed by atoms with Crippen LogP contribution in [0, 0.1) is 0 Å². The number of thiocarbonyl (C=S) groups is 1. The average Bonchev–Trinajstić information content (AvgIpc) is 2.61. The summed E-state index contributed by atoms with van der Waals surface area (Å²) in [5.74, 6) is 0.706. The molecule has 0 spiro atoms. The topological polar surface area (TPSA) is 71.6 Å². The molecular weight excluding hydrogens is 385 g/mol. The number of ether oxygens (including phenoxy) is 2. The molecule has 0 bridgehead atoms. The summed E-state index contributed by atoms with van der Waals surface area (Å²) in [5.41, 5.74) is 5.61. The number of carbonyl (C=O) groups is 1. The van der Waals surface area contributed by atoms with E-state index in [0.29, 0.717) is 27.2 Å². The first-order chi connectivity index (χ1) is 12.0. The maximum Gasteiger partial charge on any atom is 0.283 e. The summed E-state index contributed by atoms with van der Waals surface area (Å²) in [6.45, 7) is 0.105. The van der Waals surface area contributed by atoms with Crippen LogP contribution in [0.1, 0.15) is 0 Å². The summed E-state index contributed by atoms with van der Waals surface area (Å²) in [6.07, 6.45) is -0.788. The smallest absolute Gasteiger partial charge is 0.283 e. The Hall–Kier alpha value is -2.22. The van der Waals surface area contributed by atoms with Crippen molar-refractivity contribution < 1.29 is 14.3 Å². The van der Waals surface area contributed by atoms with Crippen LogP contribution in [0.25, 0.3) is 0 Å². The highest BCUT2D eigenvalue weighted by Gasteiger charge is 2.27. The minimum absolute atomic E-state index is 0.105. The Morgan fingerprint density at radius 1 is 1.12 bits per heavy atom. The first-order valence-corrected chi connectivity index (χ1v) is 8.40. The van der Waals surface area contributed by atoms with Gasteiger partial charge >= 0.3 is 0 Å². The summed E-state index contributed by atoms with van der Waals surface area (Å²) < 4.78 is 11.1. The molecule has 1 amide bonds. The number of halogens is 2. The largest absolute Gasteiger partial charge is 0.485 e. The number of rotatable bonds is 2. The summed E-state index contributed by atoms with van der Waals surface area (Å²) in [7, 11) is 0. The minimum atomic E-state index is -0.788. The van der Waals surface area contributed by atoms with E-state index < -0.39 is 12.0 Å². The molecule has 1 heterocycles. The van der Waals surface area contributed by atoms with E-state index in [9.17, 15) is 4.79 Å². The van der Waals surface area contributed by atoms with Gasteiger partial charge in [0.1, 0.15) is 6.61 Å². The number of hydrazine groups is 1. The summed E-state index contributed by atoms with van der Waals surface area (Å²) in [5, 5.41) is 3.93. The molecule has 0 fully saturated rings. The maximum atomic E-state index is 12.2. The summed E-state index contributed by atoms with van der Waals surface area (Å²) >= 11 is 17.0. The van der Waals surface area contributed by atoms with Crippen LogP contribution < -0.4 is 25.6 Å². The fourth-order valence-corrected chi connectivity index (χ4v) is 2.71. The van der Waals surface area contributed by atoms with Crippen molar-refractivity contribution in [3.8, 4) is 11.5 Å². The first kappa shape index (κ1) is 17.6. The van der Waals surface area contributed by atoms with Crippen LogP contribution in [0.15, 0.2) is 42.5 Å². The lowest BCUT2D eigenvalue weighted by atomic mass is 10.2. The van der Waals surface area contributed by atoms with Gasteiger partial charge in [0.15, 0.2) is 16.6 Å². The highest BCUT2D eigenvalue weighted by atomic mass is 35.5. The fraction of sp³-hybridized carbons (Fsp3) is 0.125. The third-order valence-electron chi connectivity index (χ3n) is 3.28. The van der Waals surface area contributed by atoms with Crippen molar-refractivity contribution in [1.82, 2.24) is 10.9 Å². The number of anilines is 1. The number of carbonyl (C=O) groups excluding carboxylic acids is 1. The minimum Gasteiger partial charge on any atom is -0.485 e. The van der Waals surface area contributed by atoms with Crippen LogP contribution in [-0.4, -0.2) is 23.7 Å². The maximum absolute atomic E-state index is 12.2. The van der Waals surface area contributed by atoms with E-state index in [1.54, 1.807) is 36.4 Å². The Morgan fingerprint density at radius 3 is 2.64 bits per heavy atom. The first-order valence-electron chi connectivity index (χ1n) is 7.23. The number of hydrogen-bond acceptors (Lipinski definition) is 4. The van der Waals surface area contributed by atoms with Crippen LogP contribution in [-0.2, 0) is 4.79 Å². The molecule has 0 saturated heterocycles. The van der Waals surface area contributed by atoms with Gasteiger partial charge in [-0.15, -0.1) is 0 Å². The molecule has 0 radical (unpaired) electrons. The van der Waals surface area contributed by atoms with Gasteiger partial charge in [0.25, 0.3) is 5.91 Å². The van der Waals surface area contributed by atoms with Crippen molar-refractivity contribution in [3.05, 3.63) is 52.5 Å². The predicted molar refractivity (Wildman–Crippen MR) is 100 cm³/mol. The number of hydrogen-bond donors (Lipinski definition) is 3. The van der Waals surface area contributed by atoms with Gasteiger partial charge in [0, 0.05) is 5.02 Å². The monoisotopic (exact) mass is 397 g/mol. The van der Waals surface area contributed by atoms with Crippen molar-refractivity contribution in [2.45, 2.75) is 6.10 Å². The van der Waals surface area contributed by atoms with Crippen LogP contribution in [0.2, 0.25) is 10.0 Å². The zero-order valence-electron chi connectivity index (χ0n) is 12.7. The summed E-state index contributed by atoms with van der Waals surface area (Å²) in [6, 6.07) is 12.1. The molecule has 25 heavy (non-hydrogen) atoms. The second-order valence-electron chi connectivity index (χ2n) is 5.06. The van der Waals surface area contributed by atoms with Crippen LogP contribution in [0.5, 0.6) is 11.5 Å². The molecule has 3 N–H and O–H groups in total. The third kappa shape index (κ3) is 4.45. The highest BCUT2D eigenvalue weighted by molar-refractivity contribution is 7.80. The van der Waals surface area contributed by atoms with Crippen LogP contribution in [0.3, 0.4) is 0 Å². The zero-order chi connectivity index (χ0) is 17.8. The predicted octanol–water partition coefficient (Wildman–Crippen LogP) is 3.15. The second-order valence-corrected chi connectivity index (χ2v) is 6.31. The fourth-order valence-electron chi connectivity index (χ4n) is 2.09. The summed E-state index contributed by atoms with van der Waals surface area (Å²) in [4.78, 5) is 12.2. The molecular formula is C16H13Cl2N3O3S. The van der Waals surface area contributed by atoms with E-state index in [2.05, 4.69) is 16.2 Å². The van der Waals surface area contributed by atoms with E-state index in [0.717, 1.165) is 0 Å². The quantitative estimate of drug-likeness (QED) is 0.533. The molecule has 3 rings (SSSR count). The Bertz CT molecular complexity index is 819. The van der Waals surface area contributed by atoms with E-state index in [1.165, 1.54) is 0 Å². The van der Waals surface area contributed by atoms with Crippen molar-refractivity contribution in [2.75, 3.05) is 11.9 Å². The molecule has 1 aliphatic rings. The molecule has 6 nitrogen and oxygen atoms in total. The van der Waals surface area contributed by atoms with Gasteiger partial charge in [0.2, 0.25) is 6.10 Å². The molecule has 1 unspecified atom stereocenters. The number of benzene rings is 2. The molecule has 0 aliphatic carbocycles. The normalized spacial score (nSPS) is 15.2. The molecule has 1 atom stereocenters. The number of fused-ring (bicyclic) bond motifs is 1. The lowest BCUT2D eigenvalue weighted by Gasteiger charge is -2.25. The molecule has 9 heteroatoms. The Morgan fingerprint density at radius 2 is 1.88 bits per heavy atom. The number of para-hydroxylation sites is 2. The van der Waals surface area contributed by atoms with Crippen molar-refractivity contribution in [1.29, 1.82) is 0 Å². The van der Waals surface area contributed by atoms with Crippen molar-refractivity contribution in [2.24, 2.45) is 0 Å². The zero-order valence-corrected chi connectivity index (χ0v) is 15.0. The standard InChI is InChI=1S/C16H13Cl2N3O3S/c17-9-5-6-11(10(18)7-9)19-16(25)21-20-15(22)14-8-23-12-3-1-2-4-13(12)24-14/h1-7,14H,8H2,(H,20,22)(H2,19,21,25). The number of amides is 1. The van der Waals surface area contributed by atoms with Crippen molar-refractivity contribution >= 4 is 52.1 Å². The van der Waals surface area contributed by atoms with Gasteiger partial charge in [-0.3, -0.25) is 15.6 Å². The molecule has 0 saturated carbocycles. The van der Waals surface area contributed by atoms with E-state index >= 15 is 0 Å². The van der Waals surface area contributed by atoms with Gasteiger partial charge < -0.3 is 14.8 Å². The van der Waals surface area contributed by atoms with Crippen LogP contribution in [0.4, 0.5) is 5.69 Å². The van der Waals surface area contributed by atoms with Gasteiger partial charge in [0.05, 0.1) is 10.7 Å². The molecule has 1 aliphatic heterocycles. The van der Waals surface area contributed by atoms with Gasteiger partial charge in [-0.25, -0.2) is 0 Å². The molecule has 0 aromatic heterocycles. The Kier molecular flexibility index (Phi) is 5.47. The van der Waals surface area contributed by atoms with Gasteiger partial charge in [-0.1, -0.05) is 35.3 Å². The van der Waals surface area contributed by atoms with E-state index in [-0.39, 0.29) is 11.7 Å². The SMILES string of the molecule is O=C(NNC(=S)Nc1ccc(Cl)cc1Cl)C1COc2ccccc2O1. The van der Waals surface area contributed by atoms with E-state index in [4.69, 9.17) is 44.9 Å². The van der Waals surface area contributed by atoms with E-state index in [1.807, 2.05) is 6.07 Å². The van der Waals surface area contributed by atoms with Gasteiger partial charge in [-0.2, -0.15) is 0 Å². The average molecular weight is 398 g/mol. The molecule has 2 aromatic carbocycles. The lowest BCUT2D eigenvalue weighted by molar-refractivity contribution is -0.130. The number of nitrogens with one attached hydrogen (secondary N) is 3. The molecule has 2 aromatic rings. The second kappa shape index (κ2) is 7.77. The third-order valence-corrected chi connectivity index (χ3v) is 4.03. The Balaban J connectivity index is 1.51. The molecule has 130 valence electrons. The van der Waals surface area contributed by atoms with Crippen molar-refractivity contribution in [3.63, 3.8) is 0 Å². The Labute approximate surface area is 159 Å². The van der Waals surface area contributed by atoms with Crippen LogP contribution >= 0.6 is 35.4 Å². The van der Waals surface area contributed by atoms with Gasteiger partial charge in [-0.05, 0) is 42.5 Å².